The van der Waals surface area contributed by atoms with Crippen LogP contribution in [0.1, 0.15) is 0 Å². The third-order valence-corrected chi connectivity index (χ3v) is 12.9. The molecule has 3 heterocycles. The van der Waals surface area contributed by atoms with E-state index in [9.17, 15) is 0 Å². The summed E-state index contributed by atoms with van der Waals surface area (Å²) in [6, 6.07) is 85.3. The molecule has 0 aliphatic carbocycles. The predicted octanol–water partition coefficient (Wildman–Crippen LogP) is 16.6. The van der Waals surface area contributed by atoms with E-state index in [2.05, 4.69) is 238 Å². The zero-order valence-electron chi connectivity index (χ0n) is 34.8. The van der Waals surface area contributed by atoms with Crippen LogP contribution in [-0.2, 0) is 0 Å². The molecule has 0 unspecified atom stereocenters. The summed E-state index contributed by atoms with van der Waals surface area (Å²) in [5.41, 5.74) is 16.6. The molecule has 0 amide bonds. The van der Waals surface area contributed by atoms with Gasteiger partial charge in [-0.25, -0.2) is 0 Å². The number of benzene rings is 10. The molecule has 4 nitrogen and oxygen atoms in total. The summed E-state index contributed by atoms with van der Waals surface area (Å²) in [6.45, 7) is 0. The van der Waals surface area contributed by atoms with Crippen LogP contribution >= 0.6 is 0 Å². The molecule has 0 aliphatic heterocycles. The molecule has 0 N–H and O–H groups in total. The molecule has 13 rings (SSSR count). The highest BCUT2D eigenvalue weighted by molar-refractivity contribution is 6.17. The lowest BCUT2D eigenvalue weighted by atomic mass is 10.0. The van der Waals surface area contributed by atoms with Crippen LogP contribution in [-0.4, -0.2) is 9.13 Å². The molecule has 4 heteroatoms. The molecular weight excluding hydrogens is 779 g/mol. The standard InChI is InChI=1S/C60H39N3O/c1-3-16-40(17-4-1)41-18-13-23-46(36-41)63-53-27-10-7-24-48(53)49-34-32-43(38-57(49)63)42-19-14-22-45(37-42)61(47-33-35-59-52(39-47)50-25-9-12-31-58(50)64-59)55-29-15-30-56-60(55)51-26-8-11-28-54(51)62(56)44-20-5-2-6-21-44/h1-39H. The molecule has 0 saturated heterocycles. The topological polar surface area (TPSA) is 26.2 Å². The van der Waals surface area contributed by atoms with Crippen LogP contribution in [0.2, 0.25) is 0 Å². The van der Waals surface area contributed by atoms with E-state index >= 15 is 0 Å². The molecule has 13 aromatic rings. The Hall–Kier alpha value is -8.60. The number of furan rings is 1. The number of nitrogens with zero attached hydrogens (tertiary/aromatic N) is 3. The summed E-state index contributed by atoms with van der Waals surface area (Å²) < 4.78 is 11.2. The Kier molecular flexibility index (Phi) is 8.18. The van der Waals surface area contributed by atoms with Crippen LogP contribution in [0.5, 0.6) is 0 Å². The maximum atomic E-state index is 6.36. The lowest BCUT2D eigenvalue weighted by molar-refractivity contribution is 0.669. The summed E-state index contributed by atoms with van der Waals surface area (Å²) >= 11 is 0. The van der Waals surface area contributed by atoms with Gasteiger partial charge in [-0.15, -0.1) is 0 Å². The van der Waals surface area contributed by atoms with Crippen molar-refractivity contribution < 1.29 is 4.42 Å². The highest BCUT2D eigenvalue weighted by Gasteiger charge is 2.23. The minimum atomic E-state index is 0.871. The summed E-state index contributed by atoms with van der Waals surface area (Å²) in [5, 5.41) is 7.03. The van der Waals surface area contributed by atoms with Crippen molar-refractivity contribution in [2.24, 2.45) is 0 Å². The SMILES string of the molecule is c1ccc(-c2cccc(-n3c4ccccc4c4ccc(-c5cccc(N(c6ccc7oc8ccccc8c7c6)c6cccc7c6c6ccccc6n7-c6ccccc6)c5)cc43)c2)cc1. The average Bonchev–Trinajstić information content (AvgIpc) is 4.02. The molecule has 0 aliphatic rings. The minimum absolute atomic E-state index is 0.871. The maximum absolute atomic E-state index is 6.36. The number of aromatic nitrogens is 2. The van der Waals surface area contributed by atoms with Crippen molar-refractivity contribution in [1.29, 1.82) is 0 Å². The Bertz CT molecular complexity index is 3910. The molecule has 0 bridgehead atoms. The van der Waals surface area contributed by atoms with Gasteiger partial charge in [-0.05, 0) is 113 Å². The quantitative estimate of drug-likeness (QED) is 0.160. The average molecular weight is 818 g/mol. The smallest absolute Gasteiger partial charge is 0.135 e. The van der Waals surface area contributed by atoms with Gasteiger partial charge < -0.3 is 18.5 Å². The lowest BCUT2D eigenvalue weighted by Gasteiger charge is -2.27. The van der Waals surface area contributed by atoms with Gasteiger partial charge >= 0.3 is 0 Å². The Morgan fingerprint density at radius 1 is 0.297 bits per heavy atom. The number of hydrogen-bond donors (Lipinski definition) is 0. The molecule has 0 saturated carbocycles. The van der Waals surface area contributed by atoms with Crippen molar-refractivity contribution in [2.45, 2.75) is 0 Å². The second-order valence-corrected chi connectivity index (χ2v) is 16.5. The van der Waals surface area contributed by atoms with E-state index in [1.54, 1.807) is 0 Å². The Morgan fingerprint density at radius 3 is 1.70 bits per heavy atom. The second-order valence-electron chi connectivity index (χ2n) is 16.5. The number of fused-ring (bicyclic) bond motifs is 9. The van der Waals surface area contributed by atoms with Gasteiger partial charge in [-0.3, -0.25) is 0 Å². The number of hydrogen-bond acceptors (Lipinski definition) is 2. The highest BCUT2D eigenvalue weighted by atomic mass is 16.3. The maximum Gasteiger partial charge on any atom is 0.135 e. The van der Waals surface area contributed by atoms with Crippen molar-refractivity contribution in [3.8, 4) is 33.6 Å². The molecule has 0 fully saturated rings. The van der Waals surface area contributed by atoms with Crippen LogP contribution < -0.4 is 4.90 Å². The summed E-state index contributed by atoms with van der Waals surface area (Å²) in [5.74, 6) is 0. The molecule has 0 radical (unpaired) electrons. The third kappa shape index (κ3) is 5.70. The predicted molar refractivity (Wildman–Crippen MR) is 268 cm³/mol. The first kappa shape index (κ1) is 36.1. The van der Waals surface area contributed by atoms with Gasteiger partial charge in [0.05, 0.1) is 27.8 Å². The Balaban J connectivity index is 1.03. The van der Waals surface area contributed by atoms with Crippen molar-refractivity contribution in [2.75, 3.05) is 4.90 Å². The van der Waals surface area contributed by atoms with Gasteiger partial charge in [-0.1, -0.05) is 146 Å². The molecule has 3 aromatic heterocycles. The first-order chi connectivity index (χ1) is 31.7. The molecule has 0 spiro atoms. The first-order valence-corrected chi connectivity index (χ1v) is 21.8. The molecular formula is C60H39N3O. The number of rotatable bonds is 7. The van der Waals surface area contributed by atoms with Gasteiger partial charge in [0.1, 0.15) is 11.2 Å². The zero-order chi connectivity index (χ0) is 42.1. The van der Waals surface area contributed by atoms with E-state index in [4.69, 9.17) is 4.42 Å². The Morgan fingerprint density at radius 2 is 0.859 bits per heavy atom. The van der Waals surface area contributed by atoms with Crippen molar-refractivity contribution >= 4 is 82.6 Å². The van der Waals surface area contributed by atoms with Gasteiger partial charge in [0.25, 0.3) is 0 Å². The van der Waals surface area contributed by atoms with E-state index in [1.165, 1.54) is 49.2 Å². The highest BCUT2D eigenvalue weighted by Crippen LogP contribution is 2.46. The van der Waals surface area contributed by atoms with E-state index in [-0.39, 0.29) is 0 Å². The molecule has 0 atom stereocenters. The third-order valence-electron chi connectivity index (χ3n) is 12.9. The summed E-state index contributed by atoms with van der Waals surface area (Å²) in [7, 11) is 0. The van der Waals surface area contributed by atoms with Crippen LogP contribution in [0.15, 0.2) is 241 Å². The van der Waals surface area contributed by atoms with E-state index in [0.717, 1.165) is 67.0 Å². The summed E-state index contributed by atoms with van der Waals surface area (Å²) in [4.78, 5) is 2.43. The minimum Gasteiger partial charge on any atom is -0.456 e. The number of anilines is 3. The molecule has 64 heavy (non-hydrogen) atoms. The largest absolute Gasteiger partial charge is 0.456 e. The lowest BCUT2D eigenvalue weighted by Crippen LogP contribution is -2.10. The van der Waals surface area contributed by atoms with Crippen LogP contribution in [0, 0.1) is 0 Å². The molecule has 300 valence electrons. The fourth-order valence-electron chi connectivity index (χ4n) is 10.0. The van der Waals surface area contributed by atoms with E-state index < -0.39 is 0 Å². The molecule has 10 aromatic carbocycles. The van der Waals surface area contributed by atoms with Gasteiger partial charge in [0.2, 0.25) is 0 Å². The fraction of sp³-hybridized carbons (Fsp3) is 0. The van der Waals surface area contributed by atoms with E-state index in [1.807, 2.05) is 12.1 Å². The zero-order valence-corrected chi connectivity index (χ0v) is 34.8. The van der Waals surface area contributed by atoms with Crippen molar-refractivity contribution in [3.63, 3.8) is 0 Å². The Labute approximate surface area is 369 Å². The monoisotopic (exact) mass is 817 g/mol. The first-order valence-electron chi connectivity index (χ1n) is 21.8. The van der Waals surface area contributed by atoms with Crippen LogP contribution in [0.3, 0.4) is 0 Å². The van der Waals surface area contributed by atoms with E-state index in [0.29, 0.717) is 0 Å². The summed E-state index contributed by atoms with van der Waals surface area (Å²) in [6.07, 6.45) is 0. The van der Waals surface area contributed by atoms with Gasteiger partial charge in [-0.2, -0.15) is 0 Å². The number of para-hydroxylation sites is 4. The normalized spacial score (nSPS) is 11.8. The van der Waals surface area contributed by atoms with Crippen molar-refractivity contribution in [1.82, 2.24) is 9.13 Å². The second kappa shape index (κ2) is 14.5. The fourth-order valence-corrected chi connectivity index (χ4v) is 10.0. The van der Waals surface area contributed by atoms with Crippen molar-refractivity contribution in [3.05, 3.63) is 237 Å². The van der Waals surface area contributed by atoms with Gasteiger partial charge in [0.15, 0.2) is 0 Å². The van der Waals surface area contributed by atoms with Crippen LogP contribution in [0.4, 0.5) is 17.1 Å². The van der Waals surface area contributed by atoms with Crippen LogP contribution in [0.25, 0.3) is 99.2 Å². The van der Waals surface area contributed by atoms with Gasteiger partial charge in [0, 0.05) is 55.1 Å².